The van der Waals surface area contributed by atoms with Crippen LogP contribution in [-0.2, 0) is 12.8 Å². The summed E-state index contributed by atoms with van der Waals surface area (Å²) in [5.74, 6) is 1.32. The molecule has 2 aromatic heterocycles. The molecule has 0 amide bonds. The number of benzene rings is 1. The maximum absolute atomic E-state index is 12.8. The first-order chi connectivity index (χ1) is 13.1. The van der Waals surface area contributed by atoms with Gasteiger partial charge in [0.05, 0.1) is 25.7 Å². The third-order valence-electron chi connectivity index (χ3n) is 5.18. The highest BCUT2D eigenvalue weighted by atomic mass is 16.5. The lowest BCUT2D eigenvalue weighted by Crippen LogP contribution is -2.30. The minimum atomic E-state index is -0.195. The molecule has 3 aromatic rings. The maximum Gasteiger partial charge on any atom is 0.277 e. The summed E-state index contributed by atoms with van der Waals surface area (Å²) in [5.41, 5.74) is 3.93. The van der Waals surface area contributed by atoms with E-state index < -0.39 is 0 Å². The molecule has 27 heavy (non-hydrogen) atoms. The van der Waals surface area contributed by atoms with Crippen molar-refractivity contribution >= 4 is 0 Å². The lowest BCUT2D eigenvalue weighted by Gasteiger charge is -2.26. The molecule has 7 heteroatoms. The van der Waals surface area contributed by atoms with Crippen molar-refractivity contribution < 1.29 is 9.84 Å². The van der Waals surface area contributed by atoms with E-state index in [-0.39, 0.29) is 17.3 Å². The van der Waals surface area contributed by atoms with Gasteiger partial charge in [-0.25, -0.2) is 9.97 Å². The Bertz CT molecular complexity index is 1040. The Morgan fingerprint density at radius 2 is 2.00 bits per heavy atom. The lowest BCUT2D eigenvalue weighted by atomic mass is 9.79. The number of hydrogen-bond donors (Lipinski definition) is 1. The summed E-state index contributed by atoms with van der Waals surface area (Å²) in [7, 11) is 1.68. The quantitative estimate of drug-likeness (QED) is 0.767. The van der Waals surface area contributed by atoms with Crippen LogP contribution < -0.4 is 10.3 Å². The normalized spacial score (nSPS) is 16.0. The maximum atomic E-state index is 12.8. The van der Waals surface area contributed by atoms with Crippen molar-refractivity contribution in [3.63, 3.8) is 0 Å². The minimum Gasteiger partial charge on any atom is -0.505 e. The van der Waals surface area contributed by atoms with E-state index in [1.165, 1.54) is 22.6 Å². The van der Waals surface area contributed by atoms with E-state index in [1.807, 2.05) is 12.1 Å². The molecule has 0 saturated carbocycles. The first-order valence-electron chi connectivity index (χ1n) is 8.83. The SMILES string of the molecule is COc1cccc(C2CCc3c(cnn(-c4ncc(O)cn4)c3=O)C2)c1C. The van der Waals surface area contributed by atoms with E-state index >= 15 is 0 Å². The molecule has 1 aromatic carbocycles. The van der Waals surface area contributed by atoms with Crippen LogP contribution in [0.3, 0.4) is 0 Å². The average Bonchev–Trinajstić information content (AvgIpc) is 2.69. The van der Waals surface area contributed by atoms with E-state index in [1.54, 1.807) is 13.3 Å². The number of methoxy groups -OCH3 is 1. The second-order valence-electron chi connectivity index (χ2n) is 6.72. The zero-order valence-electron chi connectivity index (χ0n) is 15.2. The number of rotatable bonds is 3. The van der Waals surface area contributed by atoms with E-state index in [2.05, 4.69) is 28.1 Å². The lowest BCUT2D eigenvalue weighted by molar-refractivity contribution is 0.409. The summed E-state index contributed by atoms with van der Waals surface area (Å²) >= 11 is 0. The van der Waals surface area contributed by atoms with Crippen LogP contribution in [0.2, 0.25) is 0 Å². The zero-order valence-corrected chi connectivity index (χ0v) is 15.2. The van der Waals surface area contributed by atoms with Crippen LogP contribution in [-0.4, -0.2) is 32.0 Å². The van der Waals surface area contributed by atoms with Crippen molar-refractivity contribution in [3.05, 3.63) is 69.4 Å². The van der Waals surface area contributed by atoms with Crippen molar-refractivity contribution in [1.82, 2.24) is 19.7 Å². The van der Waals surface area contributed by atoms with Crippen molar-refractivity contribution in [2.45, 2.75) is 32.1 Å². The Morgan fingerprint density at radius 3 is 2.74 bits per heavy atom. The number of aromatic nitrogens is 4. The van der Waals surface area contributed by atoms with Crippen molar-refractivity contribution in [3.8, 4) is 17.4 Å². The van der Waals surface area contributed by atoms with Gasteiger partial charge in [0, 0.05) is 5.56 Å². The molecule has 0 radical (unpaired) electrons. The molecule has 2 heterocycles. The Balaban J connectivity index is 1.68. The van der Waals surface area contributed by atoms with E-state index in [4.69, 9.17) is 4.74 Å². The fraction of sp³-hybridized carbons (Fsp3) is 0.300. The van der Waals surface area contributed by atoms with Crippen LogP contribution in [0.4, 0.5) is 0 Å². The van der Waals surface area contributed by atoms with Crippen LogP contribution in [0.1, 0.15) is 34.6 Å². The van der Waals surface area contributed by atoms with E-state index in [0.29, 0.717) is 12.3 Å². The van der Waals surface area contributed by atoms with Gasteiger partial charge < -0.3 is 9.84 Å². The zero-order chi connectivity index (χ0) is 19.0. The van der Waals surface area contributed by atoms with Gasteiger partial charge in [0.15, 0.2) is 5.75 Å². The van der Waals surface area contributed by atoms with Gasteiger partial charge in [-0.3, -0.25) is 4.79 Å². The molecular formula is C20H20N4O3. The predicted octanol–water partition coefficient (Wildman–Crippen LogP) is 2.32. The van der Waals surface area contributed by atoms with Crippen molar-refractivity contribution in [1.29, 1.82) is 0 Å². The minimum absolute atomic E-state index is 0.0544. The number of nitrogens with zero attached hydrogens (tertiary/aromatic N) is 4. The van der Waals surface area contributed by atoms with Gasteiger partial charge >= 0.3 is 0 Å². The number of ether oxygens (including phenoxy) is 1. The third-order valence-corrected chi connectivity index (χ3v) is 5.18. The highest BCUT2D eigenvalue weighted by Crippen LogP contribution is 2.35. The van der Waals surface area contributed by atoms with Crippen LogP contribution >= 0.6 is 0 Å². The van der Waals surface area contributed by atoms with Gasteiger partial charge in [-0.1, -0.05) is 12.1 Å². The fourth-order valence-electron chi connectivity index (χ4n) is 3.78. The molecule has 0 spiro atoms. The summed E-state index contributed by atoms with van der Waals surface area (Å²) in [5, 5.41) is 13.6. The molecule has 1 aliphatic carbocycles. The first-order valence-corrected chi connectivity index (χ1v) is 8.83. The van der Waals surface area contributed by atoms with Gasteiger partial charge in [0.25, 0.3) is 11.5 Å². The fourth-order valence-corrected chi connectivity index (χ4v) is 3.78. The number of aromatic hydroxyl groups is 1. The molecule has 0 fully saturated rings. The second-order valence-corrected chi connectivity index (χ2v) is 6.72. The largest absolute Gasteiger partial charge is 0.505 e. The molecule has 1 unspecified atom stereocenters. The van der Waals surface area contributed by atoms with E-state index in [9.17, 15) is 9.90 Å². The highest BCUT2D eigenvalue weighted by Gasteiger charge is 2.25. The summed E-state index contributed by atoms with van der Waals surface area (Å²) in [6.07, 6.45) is 6.55. The van der Waals surface area contributed by atoms with Crippen molar-refractivity contribution in [2.24, 2.45) is 0 Å². The molecule has 0 bridgehead atoms. The van der Waals surface area contributed by atoms with Crippen LogP contribution in [0.25, 0.3) is 5.95 Å². The van der Waals surface area contributed by atoms with Gasteiger partial charge in [0.1, 0.15) is 5.75 Å². The van der Waals surface area contributed by atoms with E-state index in [0.717, 1.165) is 35.3 Å². The molecule has 1 atom stereocenters. The molecule has 7 nitrogen and oxygen atoms in total. The van der Waals surface area contributed by atoms with Crippen molar-refractivity contribution in [2.75, 3.05) is 7.11 Å². The van der Waals surface area contributed by atoms with Gasteiger partial charge in [-0.15, -0.1) is 0 Å². The average molecular weight is 364 g/mol. The number of hydrogen-bond acceptors (Lipinski definition) is 6. The smallest absolute Gasteiger partial charge is 0.277 e. The molecule has 0 saturated heterocycles. The Hall–Kier alpha value is -3.22. The van der Waals surface area contributed by atoms with Gasteiger partial charge in [-0.2, -0.15) is 9.78 Å². The van der Waals surface area contributed by atoms with Crippen LogP contribution in [0.15, 0.2) is 41.6 Å². The Morgan fingerprint density at radius 1 is 1.22 bits per heavy atom. The third kappa shape index (κ3) is 3.05. The second kappa shape index (κ2) is 6.83. The monoisotopic (exact) mass is 364 g/mol. The van der Waals surface area contributed by atoms with Gasteiger partial charge in [-0.05, 0) is 54.9 Å². The first kappa shape index (κ1) is 17.2. The molecule has 0 aliphatic heterocycles. The number of fused-ring (bicyclic) bond motifs is 1. The molecular weight excluding hydrogens is 344 g/mol. The van der Waals surface area contributed by atoms with Gasteiger partial charge in [0.2, 0.25) is 0 Å². The summed E-state index contributed by atoms with van der Waals surface area (Å²) in [6, 6.07) is 6.11. The standard InChI is InChI=1S/C20H20N4O3/c1-12-16(4-3-5-18(12)27-2)13-6-7-17-14(8-13)9-23-24(19(17)26)20-21-10-15(25)11-22-20/h3-5,9-11,13,25H,6-8H2,1-2H3. The Labute approximate surface area is 156 Å². The van der Waals surface area contributed by atoms with Crippen LogP contribution in [0.5, 0.6) is 11.5 Å². The topological polar surface area (TPSA) is 90.1 Å². The molecule has 4 rings (SSSR count). The predicted molar refractivity (Wildman–Crippen MR) is 99.6 cm³/mol. The summed E-state index contributed by atoms with van der Waals surface area (Å²) < 4.78 is 6.63. The van der Waals surface area contributed by atoms with Crippen LogP contribution in [0, 0.1) is 6.92 Å². The molecule has 1 aliphatic rings. The summed E-state index contributed by atoms with van der Waals surface area (Å²) in [6.45, 7) is 2.07. The summed E-state index contributed by atoms with van der Waals surface area (Å²) in [4.78, 5) is 20.8. The highest BCUT2D eigenvalue weighted by molar-refractivity contribution is 5.43. The molecule has 1 N–H and O–H groups in total. The molecule has 138 valence electrons. The Kier molecular flexibility index (Phi) is 4.35.